The predicted octanol–water partition coefficient (Wildman–Crippen LogP) is 2.98. The number of likely N-dealkylation sites (tertiary alicyclic amines) is 1. The molecule has 0 saturated carbocycles. The molecule has 1 N–H and O–H groups in total. The van der Waals surface area contributed by atoms with Gasteiger partial charge in [0.15, 0.2) is 5.84 Å². The number of nitrogens with zero attached hydrogens (tertiary/aromatic N) is 3. The van der Waals surface area contributed by atoms with Gasteiger partial charge in [0.2, 0.25) is 5.88 Å². The summed E-state index contributed by atoms with van der Waals surface area (Å²) in [5.74, 6) is 2.25. The number of aromatic nitrogens is 1. The van der Waals surface area contributed by atoms with E-state index in [1.807, 2.05) is 12.1 Å². The van der Waals surface area contributed by atoms with Gasteiger partial charge in [0.1, 0.15) is 0 Å². The van der Waals surface area contributed by atoms with Crippen LogP contribution in [0.4, 0.5) is 0 Å². The van der Waals surface area contributed by atoms with Gasteiger partial charge in [-0.15, -0.1) is 0 Å². The molecule has 0 amide bonds. The highest BCUT2D eigenvalue weighted by Gasteiger charge is 2.23. The van der Waals surface area contributed by atoms with Crippen molar-refractivity contribution >= 4 is 5.84 Å². The van der Waals surface area contributed by atoms with E-state index in [9.17, 15) is 5.21 Å². The first kappa shape index (κ1) is 15.6. The second kappa shape index (κ2) is 7.29. The van der Waals surface area contributed by atoms with E-state index in [0.717, 1.165) is 37.4 Å². The average molecular weight is 291 g/mol. The van der Waals surface area contributed by atoms with E-state index in [1.165, 1.54) is 0 Å². The average Bonchev–Trinajstić information content (AvgIpc) is 2.49. The molecular weight excluding hydrogens is 266 g/mol. The number of rotatable bonds is 4. The Morgan fingerprint density at radius 1 is 1.48 bits per heavy atom. The van der Waals surface area contributed by atoms with Gasteiger partial charge in [-0.2, -0.15) is 0 Å². The summed E-state index contributed by atoms with van der Waals surface area (Å²) in [7, 11) is 0. The van der Waals surface area contributed by atoms with Crippen LogP contribution in [-0.2, 0) is 0 Å². The van der Waals surface area contributed by atoms with Crippen molar-refractivity contribution in [2.24, 2.45) is 17.0 Å². The maximum atomic E-state index is 9.46. The zero-order valence-corrected chi connectivity index (χ0v) is 13.1. The number of oxime groups is 1. The fourth-order valence-corrected chi connectivity index (χ4v) is 2.43. The SMILES string of the molecule is CC(C)COc1ncccc1/C(=N/O)N1CCC(C)CC1. The standard InChI is InChI=1S/C16H25N3O2/c1-12(2)11-21-16-14(5-4-8-17-16)15(18-20)19-9-6-13(3)7-10-19/h4-5,8,12-13,20H,6-7,9-11H2,1-3H3/b18-15-. The summed E-state index contributed by atoms with van der Waals surface area (Å²) in [5.41, 5.74) is 0.759. The smallest absolute Gasteiger partial charge is 0.224 e. The van der Waals surface area contributed by atoms with Gasteiger partial charge in [0, 0.05) is 19.3 Å². The van der Waals surface area contributed by atoms with Crippen LogP contribution in [-0.4, -0.2) is 40.6 Å². The molecule has 2 rings (SSSR count). The molecule has 1 aliphatic rings. The summed E-state index contributed by atoms with van der Waals surface area (Å²) in [6.45, 7) is 8.84. The Bertz CT molecular complexity index is 480. The van der Waals surface area contributed by atoms with Crippen LogP contribution < -0.4 is 4.74 Å². The van der Waals surface area contributed by atoms with Crippen LogP contribution in [0.3, 0.4) is 0 Å². The zero-order chi connectivity index (χ0) is 15.2. The maximum absolute atomic E-state index is 9.46. The number of amidine groups is 1. The maximum Gasteiger partial charge on any atom is 0.224 e. The Labute approximate surface area is 126 Å². The molecule has 2 heterocycles. The van der Waals surface area contributed by atoms with E-state index in [1.54, 1.807) is 6.20 Å². The van der Waals surface area contributed by atoms with Crippen molar-refractivity contribution in [2.45, 2.75) is 33.6 Å². The number of hydrogen-bond acceptors (Lipinski definition) is 4. The van der Waals surface area contributed by atoms with E-state index in [-0.39, 0.29) is 0 Å². The highest BCUT2D eigenvalue weighted by molar-refractivity contribution is 6.00. The molecule has 0 bridgehead atoms. The Balaban J connectivity index is 2.18. The molecule has 0 atom stereocenters. The van der Waals surface area contributed by atoms with E-state index in [0.29, 0.717) is 24.2 Å². The van der Waals surface area contributed by atoms with Gasteiger partial charge in [0.05, 0.1) is 12.2 Å². The Kier molecular flexibility index (Phi) is 5.42. The lowest BCUT2D eigenvalue weighted by Gasteiger charge is -2.32. The van der Waals surface area contributed by atoms with Gasteiger partial charge in [-0.05, 0) is 36.8 Å². The van der Waals surface area contributed by atoms with Crippen LogP contribution in [0.25, 0.3) is 0 Å². The third-order valence-corrected chi connectivity index (χ3v) is 3.74. The molecule has 5 heteroatoms. The summed E-state index contributed by atoms with van der Waals surface area (Å²) < 4.78 is 5.76. The highest BCUT2D eigenvalue weighted by Crippen LogP contribution is 2.22. The normalized spacial score (nSPS) is 17.3. The van der Waals surface area contributed by atoms with Crippen molar-refractivity contribution in [3.05, 3.63) is 23.9 Å². The first-order chi connectivity index (χ1) is 10.1. The second-order valence-electron chi connectivity index (χ2n) is 6.15. The van der Waals surface area contributed by atoms with E-state index < -0.39 is 0 Å². The number of pyridine rings is 1. The molecule has 0 spiro atoms. The van der Waals surface area contributed by atoms with Gasteiger partial charge in [-0.25, -0.2) is 4.98 Å². The third-order valence-electron chi connectivity index (χ3n) is 3.74. The summed E-state index contributed by atoms with van der Waals surface area (Å²) in [4.78, 5) is 6.40. The Hall–Kier alpha value is -1.78. The second-order valence-corrected chi connectivity index (χ2v) is 6.15. The molecule has 116 valence electrons. The summed E-state index contributed by atoms with van der Waals surface area (Å²) >= 11 is 0. The van der Waals surface area contributed by atoms with Crippen LogP contribution in [0.2, 0.25) is 0 Å². The van der Waals surface area contributed by atoms with Gasteiger partial charge in [0.25, 0.3) is 0 Å². The van der Waals surface area contributed by atoms with Crippen molar-refractivity contribution in [3.63, 3.8) is 0 Å². The quantitative estimate of drug-likeness (QED) is 0.401. The molecule has 0 aliphatic carbocycles. The minimum absolute atomic E-state index is 0.421. The number of hydrogen-bond donors (Lipinski definition) is 1. The Morgan fingerprint density at radius 2 is 2.19 bits per heavy atom. The van der Waals surface area contributed by atoms with E-state index in [4.69, 9.17) is 4.74 Å². The van der Waals surface area contributed by atoms with Crippen molar-refractivity contribution < 1.29 is 9.94 Å². The van der Waals surface area contributed by atoms with Gasteiger partial charge in [-0.3, -0.25) is 0 Å². The topological polar surface area (TPSA) is 58.0 Å². The number of ether oxygens (including phenoxy) is 1. The largest absolute Gasteiger partial charge is 0.477 e. The fraction of sp³-hybridized carbons (Fsp3) is 0.625. The number of piperidine rings is 1. The molecular formula is C16H25N3O2. The van der Waals surface area contributed by atoms with Crippen molar-refractivity contribution in [2.75, 3.05) is 19.7 Å². The predicted molar refractivity (Wildman–Crippen MR) is 82.9 cm³/mol. The molecule has 21 heavy (non-hydrogen) atoms. The van der Waals surface area contributed by atoms with E-state index in [2.05, 4.69) is 35.8 Å². The molecule has 0 aromatic carbocycles. The van der Waals surface area contributed by atoms with Crippen molar-refractivity contribution in [1.29, 1.82) is 0 Å². The molecule has 1 aromatic heterocycles. The molecule has 1 fully saturated rings. The zero-order valence-electron chi connectivity index (χ0n) is 13.1. The first-order valence-electron chi connectivity index (χ1n) is 7.67. The molecule has 1 aromatic rings. The van der Waals surface area contributed by atoms with Gasteiger partial charge >= 0.3 is 0 Å². The first-order valence-corrected chi connectivity index (χ1v) is 7.67. The monoisotopic (exact) mass is 291 g/mol. The van der Waals surface area contributed by atoms with Crippen LogP contribution in [0.1, 0.15) is 39.2 Å². The Morgan fingerprint density at radius 3 is 2.81 bits per heavy atom. The summed E-state index contributed by atoms with van der Waals surface area (Å²) in [6.07, 6.45) is 3.93. The van der Waals surface area contributed by atoms with Crippen LogP contribution >= 0.6 is 0 Å². The van der Waals surface area contributed by atoms with Crippen LogP contribution in [0, 0.1) is 11.8 Å². The highest BCUT2D eigenvalue weighted by atomic mass is 16.5. The lowest BCUT2D eigenvalue weighted by molar-refractivity contribution is 0.249. The molecule has 0 radical (unpaired) electrons. The molecule has 1 saturated heterocycles. The van der Waals surface area contributed by atoms with Crippen molar-refractivity contribution in [3.8, 4) is 5.88 Å². The van der Waals surface area contributed by atoms with Crippen LogP contribution in [0.15, 0.2) is 23.5 Å². The fourth-order valence-electron chi connectivity index (χ4n) is 2.43. The van der Waals surface area contributed by atoms with Crippen LogP contribution in [0.5, 0.6) is 5.88 Å². The molecule has 1 aliphatic heterocycles. The minimum Gasteiger partial charge on any atom is -0.477 e. The molecule has 0 unspecified atom stereocenters. The van der Waals surface area contributed by atoms with Gasteiger partial charge < -0.3 is 14.8 Å². The molecule has 5 nitrogen and oxygen atoms in total. The minimum atomic E-state index is 0.421. The lowest BCUT2D eigenvalue weighted by atomic mass is 9.98. The van der Waals surface area contributed by atoms with Gasteiger partial charge in [-0.1, -0.05) is 25.9 Å². The van der Waals surface area contributed by atoms with E-state index >= 15 is 0 Å². The van der Waals surface area contributed by atoms with Crippen molar-refractivity contribution in [1.82, 2.24) is 9.88 Å². The summed E-state index contributed by atoms with van der Waals surface area (Å²) in [5, 5.41) is 13.0. The third kappa shape index (κ3) is 4.09. The lowest BCUT2D eigenvalue weighted by Crippen LogP contribution is -2.38. The summed E-state index contributed by atoms with van der Waals surface area (Å²) in [6, 6.07) is 3.74.